The third-order valence-electron chi connectivity index (χ3n) is 2.98. The number of hydrogen-bond acceptors (Lipinski definition) is 4. The highest BCUT2D eigenvalue weighted by Gasteiger charge is 2.18. The van der Waals surface area contributed by atoms with Gasteiger partial charge in [-0.1, -0.05) is 0 Å². The maximum Gasteiger partial charge on any atom is 0.292 e. The number of amides is 1. The van der Waals surface area contributed by atoms with E-state index in [1.807, 2.05) is 6.07 Å². The Morgan fingerprint density at radius 2 is 2.17 bits per heavy atom. The van der Waals surface area contributed by atoms with Crippen molar-refractivity contribution in [2.75, 3.05) is 23.3 Å². The average molecular weight is 246 g/mol. The number of aromatic amines is 1. The largest absolute Gasteiger partial charge is 0.435 e. The van der Waals surface area contributed by atoms with Crippen LogP contribution in [0.2, 0.25) is 0 Å². The lowest BCUT2D eigenvalue weighted by Crippen LogP contribution is -2.17. The fourth-order valence-corrected chi connectivity index (χ4v) is 2.07. The van der Waals surface area contributed by atoms with E-state index in [0.29, 0.717) is 11.6 Å². The number of anilines is 2. The Balaban J connectivity index is 1.70. The molecule has 3 rings (SSSR count). The van der Waals surface area contributed by atoms with Gasteiger partial charge >= 0.3 is 0 Å². The summed E-state index contributed by atoms with van der Waals surface area (Å²) in [7, 11) is 0. The monoisotopic (exact) mass is 246 g/mol. The fraction of sp³-hybridized carbons (Fsp3) is 0.333. The molecule has 18 heavy (non-hydrogen) atoms. The molecule has 1 aliphatic heterocycles. The molecule has 6 nitrogen and oxygen atoms in total. The lowest BCUT2D eigenvalue weighted by molar-refractivity contribution is 0.0997. The second-order valence-electron chi connectivity index (χ2n) is 4.26. The molecule has 0 spiro atoms. The van der Waals surface area contributed by atoms with Crippen molar-refractivity contribution in [3.63, 3.8) is 0 Å². The Kier molecular flexibility index (Phi) is 2.76. The predicted molar refractivity (Wildman–Crippen MR) is 66.7 cm³/mol. The van der Waals surface area contributed by atoms with Crippen molar-refractivity contribution in [2.24, 2.45) is 0 Å². The standard InChI is InChI=1S/C12H14N4O2/c17-12(14-10-5-6-13-15-10)9-3-4-11(18-9)16-7-1-2-8-16/h3-6H,1-2,7-8H2,(H2,13,14,15,17). The van der Waals surface area contributed by atoms with Crippen molar-refractivity contribution in [2.45, 2.75) is 12.8 Å². The van der Waals surface area contributed by atoms with Crippen LogP contribution >= 0.6 is 0 Å². The van der Waals surface area contributed by atoms with E-state index < -0.39 is 0 Å². The van der Waals surface area contributed by atoms with Crippen molar-refractivity contribution in [1.29, 1.82) is 0 Å². The van der Waals surface area contributed by atoms with E-state index in [4.69, 9.17) is 4.42 Å². The first kappa shape index (κ1) is 10.9. The summed E-state index contributed by atoms with van der Waals surface area (Å²) in [6.07, 6.45) is 3.93. The first-order chi connectivity index (χ1) is 8.83. The van der Waals surface area contributed by atoms with E-state index >= 15 is 0 Å². The normalized spacial score (nSPS) is 15.0. The van der Waals surface area contributed by atoms with E-state index in [2.05, 4.69) is 20.4 Å². The highest BCUT2D eigenvalue weighted by Crippen LogP contribution is 2.23. The second kappa shape index (κ2) is 4.56. The first-order valence-electron chi connectivity index (χ1n) is 5.98. The van der Waals surface area contributed by atoms with Gasteiger partial charge in [0.25, 0.3) is 5.91 Å². The number of carbonyl (C=O) groups is 1. The summed E-state index contributed by atoms with van der Waals surface area (Å²) >= 11 is 0. The molecule has 1 saturated heterocycles. The third kappa shape index (κ3) is 2.09. The molecule has 0 unspecified atom stereocenters. The van der Waals surface area contributed by atoms with Gasteiger partial charge in [-0.15, -0.1) is 0 Å². The molecule has 6 heteroatoms. The van der Waals surface area contributed by atoms with Crippen LogP contribution in [0.3, 0.4) is 0 Å². The first-order valence-corrected chi connectivity index (χ1v) is 5.98. The van der Waals surface area contributed by atoms with Crippen LogP contribution < -0.4 is 10.2 Å². The van der Waals surface area contributed by atoms with Crippen molar-refractivity contribution in [1.82, 2.24) is 10.2 Å². The molecule has 0 radical (unpaired) electrons. The van der Waals surface area contributed by atoms with Gasteiger partial charge in [-0.25, -0.2) is 0 Å². The molecule has 0 atom stereocenters. The molecule has 1 fully saturated rings. The molecule has 0 aromatic carbocycles. The molecule has 1 amide bonds. The van der Waals surface area contributed by atoms with E-state index in [1.54, 1.807) is 18.3 Å². The zero-order valence-electron chi connectivity index (χ0n) is 9.85. The lowest BCUT2D eigenvalue weighted by atomic mass is 10.4. The van der Waals surface area contributed by atoms with Gasteiger partial charge in [0.2, 0.25) is 0 Å². The third-order valence-corrected chi connectivity index (χ3v) is 2.98. The molecule has 3 heterocycles. The van der Waals surface area contributed by atoms with E-state index in [9.17, 15) is 4.79 Å². The number of nitrogens with zero attached hydrogens (tertiary/aromatic N) is 2. The van der Waals surface area contributed by atoms with Gasteiger partial charge in [0.1, 0.15) is 5.82 Å². The SMILES string of the molecule is O=C(Nc1ccn[nH]1)c1ccc(N2CCCC2)o1. The lowest BCUT2D eigenvalue weighted by Gasteiger charge is -2.12. The van der Waals surface area contributed by atoms with Crippen LogP contribution in [0.5, 0.6) is 0 Å². The minimum absolute atomic E-state index is 0.273. The number of carbonyl (C=O) groups excluding carboxylic acids is 1. The van der Waals surface area contributed by atoms with Gasteiger partial charge in [-0.2, -0.15) is 5.10 Å². The summed E-state index contributed by atoms with van der Waals surface area (Å²) in [5, 5.41) is 9.10. The number of nitrogens with one attached hydrogen (secondary N) is 2. The van der Waals surface area contributed by atoms with Gasteiger partial charge in [0.05, 0.1) is 6.20 Å². The maximum absolute atomic E-state index is 11.9. The van der Waals surface area contributed by atoms with Crippen LogP contribution in [-0.4, -0.2) is 29.2 Å². The summed E-state index contributed by atoms with van der Waals surface area (Å²) in [5.41, 5.74) is 0. The Morgan fingerprint density at radius 3 is 2.89 bits per heavy atom. The number of hydrogen-bond donors (Lipinski definition) is 2. The predicted octanol–water partition coefficient (Wildman–Crippen LogP) is 1.86. The van der Waals surface area contributed by atoms with Crippen LogP contribution in [0.1, 0.15) is 23.4 Å². The van der Waals surface area contributed by atoms with E-state index in [1.165, 1.54) is 12.8 Å². The minimum atomic E-state index is -0.273. The summed E-state index contributed by atoms with van der Waals surface area (Å²) in [6.45, 7) is 1.99. The molecule has 0 saturated carbocycles. The molecule has 0 aliphatic carbocycles. The number of rotatable bonds is 3. The van der Waals surface area contributed by atoms with Gasteiger partial charge in [0, 0.05) is 25.2 Å². The van der Waals surface area contributed by atoms with Crippen molar-refractivity contribution >= 4 is 17.6 Å². The maximum atomic E-state index is 11.9. The molecule has 0 bridgehead atoms. The van der Waals surface area contributed by atoms with E-state index in [-0.39, 0.29) is 5.91 Å². The van der Waals surface area contributed by atoms with Crippen LogP contribution in [0.4, 0.5) is 11.7 Å². The molecule has 94 valence electrons. The number of aromatic nitrogens is 2. The summed E-state index contributed by atoms with van der Waals surface area (Å²) < 4.78 is 5.56. The topological polar surface area (TPSA) is 74.2 Å². The summed E-state index contributed by atoms with van der Waals surface area (Å²) in [5.74, 6) is 1.36. The highest BCUT2D eigenvalue weighted by atomic mass is 16.4. The molecular weight excluding hydrogens is 232 g/mol. The second-order valence-corrected chi connectivity index (χ2v) is 4.26. The zero-order chi connectivity index (χ0) is 12.4. The van der Waals surface area contributed by atoms with Gasteiger partial charge < -0.3 is 14.6 Å². The highest BCUT2D eigenvalue weighted by molar-refractivity contribution is 6.01. The Bertz CT molecular complexity index is 526. The Hall–Kier alpha value is -2.24. The van der Waals surface area contributed by atoms with Crippen LogP contribution in [-0.2, 0) is 0 Å². The molecule has 2 N–H and O–H groups in total. The van der Waals surface area contributed by atoms with Crippen LogP contribution in [0.25, 0.3) is 0 Å². The van der Waals surface area contributed by atoms with Gasteiger partial charge in [0.15, 0.2) is 11.6 Å². The molecule has 1 aliphatic rings. The van der Waals surface area contributed by atoms with Crippen molar-refractivity contribution < 1.29 is 9.21 Å². The van der Waals surface area contributed by atoms with Crippen LogP contribution in [0.15, 0.2) is 28.8 Å². The zero-order valence-corrected chi connectivity index (χ0v) is 9.85. The average Bonchev–Trinajstić information content (AvgIpc) is 3.11. The summed E-state index contributed by atoms with van der Waals surface area (Å²) in [4.78, 5) is 14.0. The smallest absolute Gasteiger partial charge is 0.292 e. The Morgan fingerprint density at radius 1 is 1.33 bits per heavy atom. The Labute approximate surface area is 104 Å². The van der Waals surface area contributed by atoms with Crippen molar-refractivity contribution in [3.05, 3.63) is 30.2 Å². The molecule has 2 aromatic heterocycles. The number of H-pyrrole nitrogens is 1. The van der Waals surface area contributed by atoms with Crippen molar-refractivity contribution in [3.8, 4) is 0 Å². The molecular formula is C12H14N4O2. The molecule has 2 aromatic rings. The van der Waals surface area contributed by atoms with Gasteiger partial charge in [-0.3, -0.25) is 9.89 Å². The van der Waals surface area contributed by atoms with Crippen LogP contribution in [0, 0.1) is 0 Å². The quantitative estimate of drug-likeness (QED) is 0.866. The minimum Gasteiger partial charge on any atom is -0.435 e. The van der Waals surface area contributed by atoms with E-state index in [0.717, 1.165) is 19.0 Å². The summed E-state index contributed by atoms with van der Waals surface area (Å²) in [6, 6.07) is 5.22. The fourth-order valence-electron chi connectivity index (χ4n) is 2.07. The van der Waals surface area contributed by atoms with Gasteiger partial charge in [-0.05, 0) is 18.9 Å². The number of furan rings is 1.